The van der Waals surface area contributed by atoms with Gasteiger partial charge in [0, 0.05) is 24.5 Å². The molecule has 0 bridgehead atoms. The van der Waals surface area contributed by atoms with Gasteiger partial charge in [0.2, 0.25) is 5.91 Å². The molecule has 0 radical (unpaired) electrons. The van der Waals surface area contributed by atoms with Gasteiger partial charge < -0.3 is 14.8 Å². The van der Waals surface area contributed by atoms with E-state index >= 15 is 0 Å². The number of carbonyl (C=O) groups is 2. The maximum absolute atomic E-state index is 12.9. The topological polar surface area (TPSA) is 80.8 Å². The van der Waals surface area contributed by atoms with Gasteiger partial charge in [0.25, 0.3) is 5.91 Å². The summed E-state index contributed by atoms with van der Waals surface area (Å²) in [6, 6.07) is 10.5. The largest absolute Gasteiger partial charge is 0.479 e. The van der Waals surface area contributed by atoms with Crippen molar-refractivity contribution in [3.8, 4) is 17.0 Å². The number of methoxy groups -OCH3 is 1. The second-order valence-corrected chi connectivity index (χ2v) is 9.11. The number of fused-ring (bicyclic) bond motifs is 1. The minimum Gasteiger partial charge on any atom is -0.479 e. The molecule has 1 unspecified atom stereocenters. The van der Waals surface area contributed by atoms with Crippen molar-refractivity contribution in [2.75, 3.05) is 30.5 Å². The van der Waals surface area contributed by atoms with E-state index in [4.69, 9.17) is 32.7 Å². The van der Waals surface area contributed by atoms with Gasteiger partial charge in [-0.2, -0.15) is 0 Å². The molecule has 7 nitrogen and oxygen atoms in total. The van der Waals surface area contributed by atoms with Crippen LogP contribution in [0.5, 0.6) is 5.75 Å². The summed E-state index contributed by atoms with van der Waals surface area (Å²) < 4.78 is 10.9. The Hall–Kier alpha value is -2.65. The third-order valence-electron chi connectivity index (χ3n) is 5.06. The summed E-state index contributed by atoms with van der Waals surface area (Å²) in [5, 5.41) is 6.20. The van der Waals surface area contributed by atoms with Crippen molar-refractivity contribution < 1.29 is 19.1 Å². The highest BCUT2D eigenvalue weighted by molar-refractivity contribution is 7.09. The molecule has 1 aliphatic heterocycles. The van der Waals surface area contributed by atoms with Crippen LogP contribution < -0.4 is 15.0 Å². The normalized spacial score (nSPS) is 15.2. The van der Waals surface area contributed by atoms with Gasteiger partial charge in [0.15, 0.2) is 6.10 Å². The molecule has 0 aliphatic carbocycles. The van der Waals surface area contributed by atoms with Gasteiger partial charge >= 0.3 is 0 Å². The molecule has 1 N–H and O–H groups in total. The number of halogens is 2. The molecule has 1 atom stereocenters. The Bertz CT molecular complexity index is 1200. The number of aromatic nitrogens is 1. The monoisotopic (exact) mass is 505 g/mol. The van der Waals surface area contributed by atoms with Crippen molar-refractivity contribution in [1.29, 1.82) is 0 Å². The zero-order valence-corrected chi connectivity index (χ0v) is 20.3. The van der Waals surface area contributed by atoms with Gasteiger partial charge in [-0.3, -0.25) is 14.5 Å². The number of thiazole rings is 1. The number of rotatable bonds is 7. The van der Waals surface area contributed by atoms with Crippen LogP contribution in [0, 0.1) is 0 Å². The molecule has 1 aromatic heterocycles. The Kier molecular flexibility index (Phi) is 7.19. The van der Waals surface area contributed by atoms with E-state index in [1.807, 2.05) is 17.5 Å². The Morgan fingerprint density at radius 3 is 2.91 bits per heavy atom. The molecule has 172 valence electrons. The Balaban J connectivity index is 1.59. The molecule has 2 aromatic carbocycles. The molecule has 2 amide bonds. The lowest BCUT2D eigenvalue weighted by molar-refractivity contribution is -0.127. The Morgan fingerprint density at radius 1 is 1.30 bits per heavy atom. The predicted molar refractivity (Wildman–Crippen MR) is 131 cm³/mol. The van der Waals surface area contributed by atoms with E-state index in [-0.39, 0.29) is 17.5 Å². The van der Waals surface area contributed by atoms with Crippen LogP contribution in [0.25, 0.3) is 11.3 Å². The summed E-state index contributed by atoms with van der Waals surface area (Å²) in [5.74, 6) is -0.200. The molecule has 3 aromatic rings. The number of nitrogens with one attached hydrogen (secondary N) is 1. The Labute approximate surface area is 205 Å². The molecule has 0 saturated heterocycles. The van der Waals surface area contributed by atoms with E-state index in [0.29, 0.717) is 28.8 Å². The van der Waals surface area contributed by atoms with E-state index in [0.717, 1.165) is 22.7 Å². The molecule has 10 heteroatoms. The summed E-state index contributed by atoms with van der Waals surface area (Å²) >= 11 is 13.7. The van der Waals surface area contributed by atoms with Crippen LogP contribution in [0.4, 0.5) is 11.4 Å². The number of hydrogen-bond donors (Lipinski definition) is 1. The lowest BCUT2D eigenvalue weighted by atomic mass is 10.1. The van der Waals surface area contributed by atoms with Crippen molar-refractivity contribution in [2.45, 2.75) is 19.4 Å². The van der Waals surface area contributed by atoms with Crippen molar-refractivity contribution in [3.63, 3.8) is 0 Å². The lowest BCUT2D eigenvalue weighted by Gasteiger charge is -2.33. The first-order chi connectivity index (χ1) is 15.9. The highest BCUT2D eigenvalue weighted by Gasteiger charge is 2.33. The van der Waals surface area contributed by atoms with Crippen LogP contribution in [0.1, 0.15) is 11.9 Å². The first-order valence-electron chi connectivity index (χ1n) is 10.2. The second kappa shape index (κ2) is 10.1. The molecule has 2 heterocycles. The standard InChI is InChI=1S/C23H21Cl2N3O4S/c1-13-23(30)28(11-20(29)26-16-5-3-4-15(24)22(16)25)18-10-14(6-7-19(18)32-13)17-12-33-21(27-17)8-9-31-2/h3-7,10,12-13H,8-9,11H2,1-2H3,(H,26,29). The number of amides is 2. The molecule has 33 heavy (non-hydrogen) atoms. The smallest absolute Gasteiger partial charge is 0.268 e. The highest BCUT2D eigenvalue weighted by Crippen LogP contribution is 2.38. The summed E-state index contributed by atoms with van der Waals surface area (Å²) in [7, 11) is 1.65. The molecular weight excluding hydrogens is 485 g/mol. The van der Waals surface area contributed by atoms with Crippen LogP contribution in [-0.4, -0.2) is 43.2 Å². The third kappa shape index (κ3) is 5.14. The van der Waals surface area contributed by atoms with Gasteiger partial charge in [-0.15, -0.1) is 11.3 Å². The van der Waals surface area contributed by atoms with Gasteiger partial charge in [0.05, 0.1) is 38.7 Å². The van der Waals surface area contributed by atoms with Crippen molar-refractivity contribution in [1.82, 2.24) is 4.98 Å². The van der Waals surface area contributed by atoms with Gasteiger partial charge in [0.1, 0.15) is 12.3 Å². The fourth-order valence-electron chi connectivity index (χ4n) is 3.41. The van der Waals surface area contributed by atoms with Crippen molar-refractivity contribution in [3.05, 3.63) is 56.8 Å². The van der Waals surface area contributed by atoms with Crippen LogP contribution in [-0.2, 0) is 20.7 Å². The first-order valence-corrected chi connectivity index (χ1v) is 11.8. The number of nitrogens with zero attached hydrogens (tertiary/aromatic N) is 2. The quantitative estimate of drug-likeness (QED) is 0.485. The van der Waals surface area contributed by atoms with E-state index < -0.39 is 12.0 Å². The van der Waals surface area contributed by atoms with Gasteiger partial charge in [-0.05, 0) is 37.3 Å². The predicted octanol–water partition coefficient (Wildman–Crippen LogP) is 5.06. The molecular formula is C23H21Cl2N3O4S. The number of hydrogen-bond acceptors (Lipinski definition) is 6. The van der Waals surface area contributed by atoms with Crippen LogP contribution in [0.3, 0.4) is 0 Å². The fraction of sp³-hybridized carbons (Fsp3) is 0.261. The van der Waals surface area contributed by atoms with Crippen LogP contribution in [0.15, 0.2) is 41.8 Å². The maximum Gasteiger partial charge on any atom is 0.268 e. The van der Waals surface area contributed by atoms with Crippen LogP contribution >= 0.6 is 34.5 Å². The first kappa shape index (κ1) is 23.5. The van der Waals surface area contributed by atoms with E-state index in [1.54, 1.807) is 49.6 Å². The molecule has 4 rings (SSSR count). The van der Waals surface area contributed by atoms with Crippen molar-refractivity contribution >= 4 is 57.7 Å². The second-order valence-electron chi connectivity index (χ2n) is 7.39. The fourth-order valence-corrected chi connectivity index (χ4v) is 4.55. The summed E-state index contributed by atoms with van der Waals surface area (Å²) in [6.45, 7) is 2.04. The number of benzene rings is 2. The molecule has 1 aliphatic rings. The van der Waals surface area contributed by atoms with Crippen LogP contribution in [0.2, 0.25) is 10.0 Å². The summed E-state index contributed by atoms with van der Waals surface area (Å²) in [4.78, 5) is 31.8. The Morgan fingerprint density at radius 2 is 2.12 bits per heavy atom. The van der Waals surface area contributed by atoms with E-state index in [2.05, 4.69) is 10.3 Å². The van der Waals surface area contributed by atoms with E-state index in [1.165, 1.54) is 4.90 Å². The zero-order chi connectivity index (χ0) is 23.5. The lowest BCUT2D eigenvalue weighted by Crippen LogP contribution is -2.47. The van der Waals surface area contributed by atoms with E-state index in [9.17, 15) is 9.59 Å². The number of carbonyl (C=O) groups excluding carboxylic acids is 2. The minimum absolute atomic E-state index is 0.206. The van der Waals surface area contributed by atoms with Gasteiger partial charge in [-0.1, -0.05) is 29.3 Å². The molecule has 0 spiro atoms. The minimum atomic E-state index is -0.717. The molecule has 0 saturated carbocycles. The summed E-state index contributed by atoms with van der Waals surface area (Å²) in [6.07, 6.45) is 0.00894. The zero-order valence-electron chi connectivity index (χ0n) is 17.9. The summed E-state index contributed by atoms with van der Waals surface area (Å²) in [5.41, 5.74) is 2.50. The third-order valence-corrected chi connectivity index (χ3v) is 6.79. The average Bonchev–Trinajstić information content (AvgIpc) is 3.27. The van der Waals surface area contributed by atoms with Gasteiger partial charge in [-0.25, -0.2) is 4.98 Å². The SMILES string of the molecule is COCCc1nc(-c2ccc3c(c2)N(CC(=O)Nc2cccc(Cl)c2Cl)C(=O)C(C)O3)cs1. The average molecular weight is 506 g/mol. The number of ether oxygens (including phenoxy) is 2. The highest BCUT2D eigenvalue weighted by atomic mass is 35.5. The maximum atomic E-state index is 12.9. The molecule has 0 fully saturated rings. The number of anilines is 2. The van der Waals surface area contributed by atoms with Crippen molar-refractivity contribution in [2.24, 2.45) is 0 Å².